The summed E-state index contributed by atoms with van der Waals surface area (Å²) in [5.74, 6) is 0. The fourth-order valence-corrected chi connectivity index (χ4v) is 1.37. The normalized spacial score (nSPS) is 16.7. The predicted octanol–water partition coefficient (Wildman–Crippen LogP) is 1.63. The van der Waals surface area contributed by atoms with E-state index in [1.807, 2.05) is 0 Å². The molecule has 0 aromatic rings. The van der Waals surface area contributed by atoms with Gasteiger partial charge in [-0.15, -0.1) is 0 Å². The predicted molar refractivity (Wildman–Crippen MR) is 46.4 cm³/mol. The number of hydrogen-bond donors (Lipinski definition) is 0. The molecule has 0 amide bonds. The van der Waals surface area contributed by atoms with Crippen LogP contribution >= 0.6 is 0 Å². The van der Waals surface area contributed by atoms with E-state index < -0.39 is 0 Å². The third-order valence-corrected chi connectivity index (χ3v) is 2.14. The summed E-state index contributed by atoms with van der Waals surface area (Å²) in [7, 11) is 3.88. The lowest BCUT2D eigenvalue weighted by atomic mass is 10.3. The summed E-state index contributed by atoms with van der Waals surface area (Å²) in [6.07, 6.45) is 6.16. The molecule has 0 aliphatic heterocycles. The SMILES string of the molecule is COCCN(C)C1=CCCC1. The Bertz CT molecular complexity index is 142. The van der Waals surface area contributed by atoms with E-state index in [9.17, 15) is 0 Å². The zero-order valence-corrected chi connectivity index (χ0v) is 7.47. The quantitative estimate of drug-likeness (QED) is 0.612. The standard InChI is InChI=1S/C9H17NO/c1-10(7-8-11-2)9-5-3-4-6-9/h5H,3-4,6-8H2,1-2H3. The Morgan fingerprint density at radius 1 is 1.64 bits per heavy atom. The first-order valence-corrected chi connectivity index (χ1v) is 4.23. The van der Waals surface area contributed by atoms with Crippen molar-refractivity contribution in [3.8, 4) is 0 Å². The van der Waals surface area contributed by atoms with Crippen molar-refractivity contribution in [1.29, 1.82) is 0 Å². The molecule has 0 aromatic heterocycles. The van der Waals surface area contributed by atoms with Crippen LogP contribution < -0.4 is 0 Å². The minimum atomic E-state index is 0.827. The molecule has 1 aliphatic rings. The number of methoxy groups -OCH3 is 1. The first kappa shape index (κ1) is 8.60. The second kappa shape index (κ2) is 4.39. The van der Waals surface area contributed by atoms with E-state index >= 15 is 0 Å². The Morgan fingerprint density at radius 2 is 2.45 bits per heavy atom. The first-order valence-electron chi connectivity index (χ1n) is 4.23. The van der Waals surface area contributed by atoms with Crippen molar-refractivity contribution < 1.29 is 4.74 Å². The zero-order valence-electron chi connectivity index (χ0n) is 7.47. The Morgan fingerprint density at radius 3 is 3.00 bits per heavy atom. The van der Waals surface area contributed by atoms with Crippen LogP contribution in [0.5, 0.6) is 0 Å². The van der Waals surface area contributed by atoms with Crippen LogP contribution in [-0.4, -0.2) is 32.2 Å². The van der Waals surface area contributed by atoms with Crippen LogP contribution in [-0.2, 0) is 4.74 Å². The number of likely N-dealkylation sites (N-methyl/N-ethyl adjacent to an activating group) is 1. The van der Waals surface area contributed by atoms with Gasteiger partial charge in [-0.25, -0.2) is 0 Å². The topological polar surface area (TPSA) is 12.5 Å². The average Bonchev–Trinajstić information content (AvgIpc) is 2.52. The molecule has 11 heavy (non-hydrogen) atoms. The molecule has 0 N–H and O–H groups in total. The molecule has 0 heterocycles. The van der Waals surface area contributed by atoms with Gasteiger partial charge in [0.2, 0.25) is 0 Å². The molecule has 0 spiro atoms. The lowest BCUT2D eigenvalue weighted by Gasteiger charge is -2.19. The highest BCUT2D eigenvalue weighted by Gasteiger charge is 2.07. The van der Waals surface area contributed by atoms with E-state index in [0.29, 0.717) is 0 Å². The van der Waals surface area contributed by atoms with Gasteiger partial charge < -0.3 is 9.64 Å². The van der Waals surface area contributed by atoms with Gasteiger partial charge in [0.25, 0.3) is 0 Å². The summed E-state index contributed by atoms with van der Waals surface area (Å²) in [5.41, 5.74) is 1.49. The highest BCUT2D eigenvalue weighted by Crippen LogP contribution is 2.19. The van der Waals surface area contributed by atoms with Crippen molar-refractivity contribution in [2.75, 3.05) is 27.3 Å². The molecule has 0 aromatic carbocycles. The van der Waals surface area contributed by atoms with Crippen LogP contribution in [0.2, 0.25) is 0 Å². The van der Waals surface area contributed by atoms with Crippen LogP contribution in [0.15, 0.2) is 11.8 Å². The van der Waals surface area contributed by atoms with E-state index in [1.165, 1.54) is 25.0 Å². The van der Waals surface area contributed by atoms with Gasteiger partial charge in [0, 0.05) is 26.4 Å². The van der Waals surface area contributed by atoms with E-state index in [2.05, 4.69) is 18.0 Å². The van der Waals surface area contributed by atoms with Gasteiger partial charge in [-0.3, -0.25) is 0 Å². The molecule has 2 heteroatoms. The molecule has 64 valence electrons. The van der Waals surface area contributed by atoms with Gasteiger partial charge in [0.1, 0.15) is 0 Å². The van der Waals surface area contributed by atoms with E-state index in [1.54, 1.807) is 7.11 Å². The zero-order chi connectivity index (χ0) is 8.10. The van der Waals surface area contributed by atoms with Crippen molar-refractivity contribution in [2.24, 2.45) is 0 Å². The maximum Gasteiger partial charge on any atom is 0.0637 e. The maximum absolute atomic E-state index is 5.00. The average molecular weight is 155 g/mol. The second-order valence-corrected chi connectivity index (χ2v) is 3.00. The minimum absolute atomic E-state index is 0.827. The molecular weight excluding hydrogens is 138 g/mol. The molecule has 0 saturated carbocycles. The number of rotatable bonds is 4. The van der Waals surface area contributed by atoms with E-state index in [0.717, 1.165) is 13.2 Å². The Balaban J connectivity index is 2.23. The number of ether oxygens (including phenoxy) is 1. The number of allylic oxidation sites excluding steroid dienone is 2. The summed E-state index contributed by atoms with van der Waals surface area (Å²) in [6.45, 7) is 1.84. The molecule has 0 bridgehead atoms. The van der Waals surface area contributed by atoms with Crippen LogP contribution in [0.1, 0.15) is 19.3 Å². The molecule has 0 atom stereocenters. The highest BCUT2D eigenvalue weighted by molar-refractivity contribution is 5.05. The van der Waals surface area contributed by atoms with Gasteiger partial charge in [0.05, 0.1) is 6.61 Å². The van der Waals surface area contributed by atoms with Gasteiger partial charge in [-0.1, -0.05) is 6.08 Å². The number of hydrogen-bond acceptors (Lipinski definition) is 2. The molecule has 0 saturated heterocycles. The van der Waals surface area contributed by atoms with Crippen molar-refractivity contribution >= 4 is 0 Å². The fourth-order valence-electron chi connectivity index (χ4n) is 1.37. The fraction of sp³-hybridized carbons (Fsp3) is 0.778. The van der Waals surface area contributed by atoms with E-state index in [-0.39, 0.29) is 0 Å². The highest BCUT2D eigenvalue weighted by atomic mass is 16.5. The monoisotopic (exact) mass is 155 g/mol. The van der Waals surface area contributed by atoms with E-state index in [4.69, 9.17) is 4.74 Å². The summed E-state index contributed by atoms with van der Waals surface area (Å²) in [4.78, 5) is 2.29. The van der Waals surface area contributed by atoms with Crippen LogP contribution in [0.4, 0.5) is 0 Å². The van der Waals surface area contributed by atoms with Gasteiger partial charge in [-0.2, -0.15) is 0 Å². The summed E-state index contributed by atoms with van der Waals surface area (Å²) in [6, 6.07) is 0. The summed E-state index contributed by atoms with van der Waals surface area (Å²) in [5, 5.41) is 0. The molecule has 1 rings (SSSR count). The molecule has 0 radical (unpaired) electrons. The molecule has 0 unspecified atom stereocenters. The molecular formula is C9H17NO. The van der Waals surface area contributed by atoms with Crippen molar-refractivity contribution in [2.45, 2.75) is 19.3 Å². The maximum atomic E-state index is 5.00. The van der Waals surface area contributed by atoms with Crippen LogP contribution in [0.25, 0.3) is 0 Å². The van der Waals surface area contributed by atoms with Crippen molar-refractivity contribution in [3.63, 3.8) is 0 Å². The lowest BCUT2D eigenvalue weighted by molar-refractivity contribution is 0.173. The third kappa shape index (κ3) is 2.54. The third-order valence-electron chi connectivity index (χ3n) is 2.14. The lowest BCUT2D eigenvalue weighted by Crippen LogP contribution is -2.21. The molecule has 0 fully saturated rings. The first-order chi connectivity index (χ1) is 5.34. The number of nitrogens with zero attached hydrogens (tertiary/aromatic N) is 1. The minimum Gasteiger partial charge on any atom is -0.383 e. The Labute approximate surface area is 68.8 Å². The summed E-state index contributed by atoms with van der Waals surface area (Å²) >= 11 is 0. The largest absolute Gasteiger partial charge is 0.383 e. The van der Waals surface area contributed by atoms with Gasteiger partial charge in [-0.05, 0) is 19.3 Å². The van der Waals surface area contributed by atoms with Gasteiger partial charge >= 0.3 is 0 Å². The van der Waals surface area contributed by atoms with Crippen LogP contribution in [0.3, 0.4) is 0 Å². The summed E-state index contributed by atoms with van der Waals surface area (Å²) < 4.78 is 5.00. The smallest absolute Gasteiger partial charge is 0.0637 e. The molecule has 1 aliphatic carbocycles. The van der Waals surface area contributed by atoms with Crippen molar-refractivity contribution in [1.82, 2.24) is 4.90 Å². The Kier molecular flexibility index (Phi) is 3.43. The van der Waals surface area contributed by atoms with Crippen LogP contribution in [0, 0.1) is 0 Å². The molecule has 2 nitrogen and oxygen atoms in total. The van der Waals surface area contributed by atoms with Crippen molar-refractivity contribution in [3.05, 3.63) is 11.8 Å². The van der Waals surface area contributed by atoms with Gasteiger partial charge in [0.15, 0.2) is 0 Å². The second-order valence-electron chi connectivity index (χ2n) is 3.00. The Hall–Kier alpha value is -0.500.